The van der Waals surface area contributed by atoms with Crippen LogP contribution in [-0.4, -0.2) is 24.6 Å². The molecule has 0 amide bonds. The second-order valence-corrected chi connectivity index (χ2v) is 5.26. The molecular formula is C16H14N6O. The van der Waals surface area contributed by atoms with Gasteiger partial charge in [0.05, 0.1) is 5.69 Å². The minimum absolute atomic E-state index is 0.212. The number of hydrogen-bond acceptors (Lipinski definition) is 6. The van der Waals surface area contributed by atoms with Crippen molar-refractivity contribution in [2.45, 2.75) is 13.8 Å². The van der Waals surface area contributed by atoms with Crippen LogP contribution in [0.15, 0.2) is 41.1 Å². The van der Waals surface area contributed by atoms with E-state index in [0.717, 1.165) is 22.5 Å². The molecule has 0 fully saturated rings. The number of pyridine rings is 2. The van der Waals surface area contributed by atoms with Crippen LogP contribution in [0.4, 0.5) is 5.95 Å². The molecule has 0 aliphatic heterocycles. The number of nitrogens with two attached hydrogens (primary N) is 1. The Morgan fingerprint density at radius 2 is 2.00 bits per heavy atom. The summed E-state index contributed by atoms with van der Waals surface area (Å²) in [7, 11) is 0. The minimum Gasteiger partial charge on any atom is -0.439 e. The number of aryl methyl sites for hydroxylation is 2. The van der Waals surface area contributed by atoms with Gasteiger partial charge < -0.3 is 10.2 Å². The van der Waals surface area contributed by atoms with Crippen LogP contribution in [-0.2, 0) is 0 Å². The molecule has 0 aromatic carbocycles. The topological polar surface area (TPSA) is 95.1 Å². The van der Waals surface area contributed by atoms with Gasteiger partial charge in [0.25, 0.3) is 0 Å². The molecule has 0 spiro atoms. The molecule has 0 saturated carbocycles. The molecule has 114 valence electrons. The third-order valence-electron chi connectivity index (χ3n) is 3.58. The van der Waals surface area contributed by atoms with Crippen molar-refractivity contribution in [2.24, 2.45) is 0 Å². The lowest BCUT2D eigenvalue weighted by atomic mass is 10.1. The number of nitrogens with zero attached hydrogens (tertiary/aromatic N) is 5. The molecule has 0 atom stereocenters. The van der Waals surface area contributed by atoms with Gasteiger partial charge in [0.1, 0.15) is 5.69 Å². The van der Waals surface area contributed by atoms with Crippen LogP contribution in [0.25, 0.3) is 28.2 Å². The molecule has 4 rings (SSSR count). The van der Waals surface area contributed by atoms with E-state index < -0.39 is 0 Å². The van der Waals surface area contributed by atoms with Crippen LogP contribution in [0.5, 0.6) is 0 Å². The fraction of sp³-hybridized carbons (Fsp3) is 0.125. The van der Waals surface area contributed by atoms with Gasteiger partial charge in [0.2, 0.25) is 5.95 Å². The van der Waals surface area contributed by atoms with Crippen molar-refractivity contribution in [1.29, 1.82) is 0 Å². The van der Waals surface area contributed by atoms with E-state index in [1.165, 1.54) is 0 Å². The van der Waals surface area contributed by atoms with Crippen LogP contribution in [0.1, 0.15) is 11.6 Å². The Morgan fingerprint density at radius 3 is 2.70 bits per heavy atom. The van der Waals surface area contributed by atoms with Gasteiger partial charge in [0, 0.05) is 24.9 Å². The summed E-state index contributed by atoms with van der Waals surface area (Å²) < 4.78 is 7.42. The van der Waals surface area contributed by atoms with Crippen molar-refractivity contribution in [2.75, 3.05) is 5.73 Å². The Balaban J connectivity index is 2.03. The van der Waals surface area contributed by atoms with E-state index >= 15 is 0 Å². The minimum atomic E-state index is 0.212. The van der Waals surface area contributed by atoms with Gasteiger partial charge >= 0.3 is 0 Å². The van der Waals surface area contributed by atoms with E-state index in [9.17, 15) is 0 Å². The van der Waals surface area contributed by atoms with Gasteiger partial charge in [-0.2, -0.15) is 4.98 Å². The quantitative estimate of drug-likeness (QED) is 0.611. The van der Waals surface area contributed by atoms with Gasteiger partial charge in [0.15, 0.2) is 17.3 Å². The first kappa shape index (κ1) is 13.4. The van der Waals surface area contributed by atoms with E-state index in [1.54, 1.807) is 16.9 Å². The van der Waals surface area contributed by atoms with Crippen LogP contribution in [0.3, 0.4) is 0 Å². The number of fused-ring (bicyclic) bond motifs is 1. The van der Waals surface area contributed by atoms with Gasteiger partial charge in [-0.05, 0) is 30.7 Å². The van der Waals surface area contributed by atoms with Crippen molar-refractivity contribution in [1.82, 2.24) is 24.6 Å². The molecular weight excluding hydrogens is 292 g/mol. The predicted molar refractivity (Wildman–Crippen MR) is 85.6 cm³/mol. The largest absolute Gasteiger partial charge is 0.439 e. The van der Waals surface area contributed by atoms with Gasteiger partial charge in [-0.15, -0.1) is 5.10 Å². The molecule has 23 heavy (non-hydrogen) atoms. The van der Waals surface area contributed by atoms with E-state index in [4.69, 9.17) is 10.2 Å². The Hall–Kier alpha value is -3.22. The molecule has 0 aliphatic rings. The zero-order valence-corrected chi connectivity index (χ0v) is 12.7. The second kappa shape index (κ2) is 4.91. The molecule has 0 aliphatic carbocycles. The number of rotatable bonds is 2. The lowest BCUT2D eigenvalue weighted by Crippen LogP contribution is -1.96. The molecule has 4 aromatic heterocycles. The molecule has 7 heteroatoms. The Bertz CT molecular complexity index is 1000. The first-order valence-corrected chi connectivity index (χ1v) is 7.13. The monoisotopic (exact) mass is 306 g/mol. The smallest absolute Gasteiger partial charge is 0.240 e. The fourth-order valence-corrected chi connectivity index (χ4v) is 2.63. The summed E-state index contributed by atoms with van der Waals surface area (Å²) in [5.41, 5.74) is 9.90. The third-order valence-corrected chi connectivity index (χ3v) is 3.58. The summed E-state index contributed by atoms with van der Waals surface area (Å²) in [5, 5.41) is 4.25. The first-order chi connectivity index (χ1) is 11.1. The van der Waals surface area contributed by atoms with Crippen LogP contribution in [0, 0.1) is 13.8 Å². The van der Waals surface area contributed by atoms with E-state index in [0.29, 0.717) is 17.3 Å². The van der Waals surface area contributed by atoms with Crippen molar-refractivity contribution >= 4 is 11.6 Å². The molecule has 4 aromatic rings. The molecule has 4 heterocycles. The summed E-state index contributed by atoms with van der Waals surface area (Å²) in [6, 6.07) is 7.77. The van der Waals surface area contributed by atoms with Crippen molar-refractivity contribution in [3.63, 3.8) is 0 Å². The molecule has 0 unspecified atom stereocenters. The van der Waals surface area contributed by atoms with Crippen molar-refractivity contribution < 1.29 is 4.42 Å². The van der Waals surface area contributed by atoms with Crippen LogP contribution in [0.2, 0.25) is 0 Å². The number of hydrogen-bond donors (Lipinski definition) is 1. The SMILES string of the molecule is Cc1nc(C)c(-c2cc(-c3cccnc3)cc3nc(N)nn23)o1. The first-order valence-electron chi connectivity index (χ1n) is 7.13. The lowest BCUT2D eigenvalue weighted by Gasteiger charge is -2.06. The molecule has 0 bridgehead atoms. The fourth-order valence-electron chi connectivity index (χ4n) is 2.63. The number of oxazole rings is 1. The maximum Gasteiger partial charge on any atom is 0.240 e. The lowest BCUT2D eigenvalue weighted by molar-refractivity contribution is 0.530. The average Bonchev–Trinajstić information content (AvgIpc) is 3.08. The summed E-state index contributed by atoms with van der Waals surface area (Å²) in [6.07, 6.45) is 3.54. The predicted octanol–water partition coefficient (Wildman–Crippen LogP) is 2.65. The maximum absolute atomic E-state index is 5.77. The number of aromatic nitrogens is 5. The summed E-state index contributed by atoms with van der Waals surface area (Å²) in [6.45, 7) is 3.71. The molecule has 0 saturated heterocycles. The third kappa shape index (κ3) is 2.22. The standard InChI is InChI=1S/C16H14N6O/c1-9-15(23-10(2)19-9)13-6-12(11-4-3-5-18-8-11)7-14-20-16(17)21-22(13)14/h3-8H,1-2H3,(H2,17,21). The maximum atomic E-state index is 5.77. The normalized spacial score (nSPS) is 11.2. The average molecular weight is 306 g/mol. The zero-order valence-electron chi connectivity index (χ0n) is 12.7. The Kier molecular flexibility index (Phi) is 2.87. The number of nitrogen functional groups attached to an aromatic ring is 1. The van der Waals surface area contributed by atoms with Crippen LogP contribution >= 0.6 is 0 Å². The Morgan fingerprint density at radius 1 is 1.13 bits per heavy atom. The summed E-state index contributed by atoms with van der Waals surface area (Å²) in [5.74, 6) is 1.47. The van der Waals surface area contributed by atoms with Gasteiger partial charge in [-0.25, -0.2) is 9.50 Å². The summed E-state index contributed by atoms with van der Waals surface area (Å²) in [4.78, 5) is 12.8. The van der Waals surface area contributed by atoms with Crippen molar-refractivity contribution in [3.05, 3.63) is 48.2 Å². The highest BCUT2D eigenvalue weighted by molar-refractivity contribution is 5.74. The highest BCUT2D eigenvalue weighted by atomic mass is 16.4. The second-order valence-electron chi connectivity index (χ2n) is 5.26. The molecule has 0 radical (unpaired) electrons. The zero-order chi connectivity index (χ0) is 16.0. The summed E-state index contributed by atoms with van der Waals surface area (Å²) >= 11 is 0. The van der Waals surface area contributed by atoms with E-state index in [-0.39, 0.29) is 5.95 Å². The van der Waals surface area contributed by atoms with E-state index in [1.807, 2.05) is 38.1 Å². The van der Waals surface area contributed by atoms with Crippen LogP contribution < -0.4 is 5.73 Å². The van der Waals surface area contributed by atoms with Crippen molar-refractivity contribution in [3.8, 4) is 22.6 Å². The highest BCUT2D eigenvalue weighted by Crippen LogP contribution is 2.30. The highest BCUT2D eigenvalue weighted by Gasteiger charge is 2.17. The van der Waals surface area contributed by atoms with Gasteiger partial charge in [-0.3, -0.25) is 4.98 Å². The number of anilines is 1. The molecule has 2 N–H and O–H groups in total. The molecule has 7 nitrogen and oxygen atoms in total. The van der Waals surface area contributed by atoms with E-state index in [2.05, 4.69) is 20.1 Å². The van der Waals surface area contributed by atoms with Gasteiger partial charge in [-0.1, -0.05) is 6.07 Å². The Labute approximate surface area is 131 Å².